The fraction of sp³-hybridized carbons (Fsp3) is 0.0833. The van der Waals surface area contributed by atoms with Crippen LogP contribution < -0.4 is 4.74 Å². The van der Waals surface area contributed by atoms with Crippen LogP contribution >= 0.6 is 23.2 Å². The highest BCUT2D eigenvalue weighted by molar-refractivity contribution is 6.30. The summed E-state index contributed by atoms with van der Waals surface area (Å²) < 4.78 is 5.59. The molecule has 0 fully saturated rings. The van der Waals surface area contributed by atoms with Crippen LogP contribution in [0, 0.1) is 6.92 Å². The first-order valence-corrected chi connectivity index (χ1v) is 5.47. The molecule has 0 radical (unpaired) electrons. The van der Waals surface area contributed by atoms with Crippen molar-refractivity contribution in [3.63, 3.8) is 0 Å². The van der Waals surface area contributed by atoms with E-state index in [0.29, 0.717) is 16.1 Å². The van der Waals surface area contributed by atoms with E-state index in [0.717, 1.165) is 11.3 Å². The molecule has 2 rings (SSSR count). The Balaban J connectivity index is 2.27. The second-order valence-corrected chi connectivity index (χ2v) is 4.13. The Morgan fingerprint density at radius 3 is 2.62 bits per heavy atom. The summed E-state index contributed by atoms with van der Waals surface area (Å²) in [7, 11) is 0. The Kier molecular flexibility index (Phi) is 3.32. The molecule has 1 aromatic heterocycles. The molecular formula is C12H9Cl2NO. The first-order chi connectivity index (χ1) is 7.65. The minimum atomic E-state index is 0.407. The van der Waals surface area contributed by atoms with Crippen LogP contribution in [0.1, 0.15) is 5.56 Å². The maximum absolute atomic E-state index is 5.85. The van der Waals surface area contributed by atoms with E-state index in [4.69, 9.17) is 27.9 Å². The molecule has 0 unspecified atom stereocenters. The lowest BCUT2D eigenvalue weighted by Crippen LogP contribution is -1.90. The predicted octanol–water partition coefficient (Wildman–Crippen LogP) is 4.49. The van der Waals surface area contributed by atoms with E-state index in [2.05, 4.69) is 4.98 Å². The maximum Gasteiger partial charge on any atom is 0.220 e. The molecule has 4 heteroatoms. The molecule has 0 aliphatic heterocycles. The summed E-state index contributed by atoms with van der Waals surface area (Å²) in [4.78, 5) is 4.04. The van der Waals surface area contributed by atoms with Gasteiger partial charge in [0.15, 0.2) is 0 Å². The van der Waals surface area contributed by atoms with Crippen LogP contribution in [-0.2, 0) is 0 Å². The molecule has 0 saturated carbocycles. The lowest BCUT2D eigenvalue weighted by atomic mass is 10.2. The molecule has 0 aliphatic carbocycles. The van der Waals surface area contributed by atoms with Crippen molar-refractivity contribution < 1.29 is 4.74 Å². The number of pyridine rings is 1. The van der Waals surface area contributed by atoms with Crippen LogP contribution in [0.25, 0.3) is 0 Å². The number of nitrogens with zero attached hydrogens (tertiary/aromatic N) is 1. The van der Waals surface area contributed by atoms with Crippen LogP contribution in [0.4, 0.5) is 0 Å². The van der Waals surface area contributed by atoms with Gasteiger partial charge in [-0.15, -0.1) is 0 Å². The molecule has 0 spiro atoms. The molecule has 0 bridgehead atoms. The number of halogens is 2. The normalized spacial score (nSPS) is 10.2. The van der Waals surface area contributed by atoms with Crippen molar-refractivity contribution in [2.45, 2.75) is 6.92 Å². The van der Waals surface area contributed by atoms with Crippen molar-refractivity contribution in [3.8, 4) is 11.6 Å². The minimum absolute atomic E-state index is 0.407. The zero-order valence-corrected chi connectivity index (χ0v) is 10.1. The second kappa shape index (κ2) is 4.73. The number of ether oxygens (including phenoxy) is 1. The van der Waals surface area contributed by atoms with Crippen molar-refractivity contribution in [1.29, 1.82) is 0 Å². The molecule has 16 heavy (non-hydrogen) atoms. The molecule has 2 aromatic rings. The molecule has 0 N–H and O–H groups in total. The first-order valence-electron chi connectivity index (χ1n) is 4.72. The fourth-order valence-electron chi connectivity index (χ4n) is 1.29. The Hall–Kier alpha value is -1.25. The monoisotopic (exact) mass is 253 g/mol. The van der Waals surface area contributed by atoms with E-state index in [1.54, 1.807) is 30.3 Å². The van der Waals surface area contributed by atoms with E-state index < -0.39 is 0 Å². The third-order valence-electron chi connectivity index (χ3n) is 2.04. The summed E-state index contributed by atoms with van der Waals surface area (Å²) in [6.07, 6.45) is 0. The summed E-state index contributed by atoms with van der Waals surface area (Å²) in [5.74, 6) is 1.19. The van der Waals surface area contributed by atoms with Crippen molar-refractivity contribution in [1.82, 2.24) is 4.98 Å². The van der Waals surface area contributed by atoms with Gasteiger partial charge in [-0.1, -0.05) is 29.3 Å². The van der Waals surface area contributed by atoms with Gasteiger partial charge in [-0.05, 0) is 36.8 Å². The molecule has 1 aromatic carbocycles. The van der Waals surface area contributed by atoms with Gasteiger partial charge in [0.1, 0.15) is 10.9 Å². The molecule has 2 nitrogen and oxygen atoms in total. The van der Waals surface area contributed by atoms with E-state index >= 15 is 0 Å². The lowest BCUT2D eigenvalue weighted by molar-refractivity contribution is 0.459. The van der Waals surface area contributed by atoms with Gasteiger partial charge in [-0.3, -0.25) is 0 Å². The van der Waals surface area contributed by atoms with Crippen LogP contribution in [0.2, 0.25) is 10.2 Å². The van der Waals surface area contributed by atoms with Gasteiger partial charge in [0, 0.05) is 11.1 Å². The van der Waals surface area contributed by atoms with Crippen molar-refractivity contribution in [2.24, 2.45) is 0 Å². The number of hydrogen-bond donors (Lipinski definition) is 0. The Morgan fingerprint density at radius 1 is 1.12 bits per heavy atom. The van der Waals surface area contributed by atoms with Crippen molar-refractivity contribution in [2.75, 3.05) is 0 Å². The molecule has 0 aliphatic rings. The van der Waals surface area contributed by atoms with Gasteiger partial charge < -0.3 is 4.74 Å². The molecule has 82 valence electrons. The summed E-state index contributed by atoms with van der Waals surface area (Å²) >= 11 is 11.6. The fourth-order valence-corrected chi connectivity index (χ4v) is 1.67. The van der Waals surface area contributed by atoms with Gasteiger partial charge in [-0.2, -0.15) is 0 Å². The zero-order valence-electron chi connectivity index (χ0n) is 8.58. The average molecular weight is 254 g/mol. The smallest absolute Gasteiger partial charge is 0.220 e. The lowest BCUT2D eigenvalue weighted by Gasteiger charge is -2.07. The molecule has 1 heterocycles. The van der Waals surface area contributed by atoms with E-state index in [1.807, 2.05) is 13.0 Å². The number of aryl methyl sites for hydroxylation is 1. The van der Waals surface area contributed by atoms with Gasteiger partial charge >= 0.3 is 0 Å². The van der Waals surface area contributed by atoms with Crippen molar-refractivity contribution >= 4 is 23.2 Å². The molecule has 0 atom stereocenters. The average Bonchev–Trinajstić information content (AvgIpc) is 2.22. The summed E-state index contributed by atoms with van der Waals surface area (Å²) in [6.45, 7) is 1.92. The van der Waals surface area contributed by atoms with E-state index in [-0.39, 0.29) is 0 Å². The largest absolute Gasteiger partial charge is 0.439 e. The van der Waals surface area contributed by atoms with Crippen LogP contribution in [0.3, 0.4) is 0 Å². The molecule has 0 saturated heterocycles. The summed E-state index contributed by atoms with van der Waals surface area (Å²) in [6, 6.07) is 10.6. The van der Waals surface area contributed by atoms with Crippen LogP contribution in [-0.4, -0.2) is 4.98 Å². The maximum atomic E-state index is 5.85. The van der Waals surface area contributed by atoms with Crippen LogP contribution in [0.5, 0.6) is 11.6 Å². The standard InChI is InChI=1S/C12H9Cl2NO/c1-8-7-9(13)5-6-10(8)16-12-4-2-3-11(14)15-12/h2-7H,1H3. The minimum Gasteiger partial charge on any atom is -0.439 e. The van der Waals surface area contributed by atoms with Gasteiger partial charge in [0.25, 0.3) is 0 Å². The second-order valence-electron chi connectivity index (χ2n) is 3.31. The number of rotatable bonds is 2. The zero-order chi connectivity index (χ0) is 11.5. The Labute approximate surface area is 104 Å². The van der Waals surface area contributed by atoms with Gasteiger partial charge in [0.05, 0.1) is 0 Å². The summed E-state index contributed by atoms with van der Waals surface area (Å²) in [5.41, 5.74) is 0.953. The Morgan fingerprint density at radius 2 is 1.94 bits per heavy atom. The topological polar surface area (TPSA) is 22.1 Å². The highest BCUT2D eigenvalue weighted by Crippen LogP contribution is 2.26. The number of benzene rings is 1. The third kappa shape index (κ3) is 2.65. The highest BCUT2D eigenvalue weighted by atomic mass is 35.5. The number of hydrogen-bond acceptors (Lipinski definition) is 2. The van der Waals surface area contributed by atoms with Crippen LogP contribution in [0.15, 0.2) is 36.4 Å². The molecular weight excluding hydrogens is 245 g/mol. The molecule has 0 amide bonds. The quantitative estimate of drug-likeness (QED) is 0.736. The first kappa shape index (κ1) is 11.2. The van der Waals surface area contributed by atoms with Gasteiger partial charge in [-0.25, -0.2) is 4.98 Å². The van der Waals surface area contributed by atoms with Crippen molar-refractivity contribution in [3.05, 3.63) is 52.1 Å². The number of aromatic nitrogens is 1. The predicted molar refractivity (Wildman–Crippen MR) is 65.5 cm³/mol. The SMILES string of the molecule is Cc1cc(Cl)ccc1Oc1cccc(Cl)n1. The summed E-state index contributed by atoms with van der Waals surface area (Å²) in [5, 5.41) is 1.09. The Bertz CT molecular complexity index is 514. The van der Waals surface area contributed by atoms with E-state index in [9.17, 15) is 0 Å². The highest BCUT2D eigenvalue weighted by Gasteiger charge is 2.03. The third-order valence-corrected chi connectivity index (χ3v) is 2.49. The van der Waals surface area contributed by atoms with Gasteiger partial charge in [0.2, 0.25) is 5.88 Å². The van der Waals surface area contributed by atoms with E-state index in [1.165, 1.54) is 0 Å².